The summed E-state index contributed by atoms with van der Waals surface area (Å²) in [5.74, 6) is 0. The molecule has 0 fully saturated rings. The highest BCUT2D eigenvalue weighted by atomic mass is 16.3. The van der Waals surface area contributed by atoms with Gasteiger partial charge in [-0.15, -0.1) is 0 Å². The first-order valence-electron chi connectivity index (χ1n) is 3.88. The van der Waals surface area contributed by atoms with Crippen LogP contribution < -0.4 is 0 Å². The van der Waals surface area contributed by atoms with Gasteiger partial charge in [0.25, 0.3) is 0 Å². The van der Waals surface area contributed by atoms with E-state index in [1.807, 2.05) is 36.0 Å². The van der Waals surface area contributed by atoms with Crippen LogP contribution in [0.5, 0.6) is 0 Å². The number of benzene rings is 1. The quantitative estimate of drug-likeness (QED) is 0.671. The van der Waals surface area contributed by atoms with Gasteiger partial charge in [0.1, 0.15) is 0 Å². The largest absolute Gasteiger partial charge is 0.392 e. The summed E-state index contributed by atoms with van der Waals surface area (Å²) in [4.78, 5) is 0. The molecule has 2 rings (SSSR count). The van der Waals surface area contributed by atoms with Gasteiger partial charge in [-0.25, -0.2) is 0 Å². The first kappa shape index (κ1) is 7.37. The van der Waals surface area contributed by atoms with Crippen molar-refractivity contribution >= 4 is 10.9 Å². The lowest BCUT2D eigenvalue weighted by molar-refractivity contribution is 0.283. The van der Waals surface area contributed by atoms with Crippen LogP contribution in [-0.4, -0.2) is 9.67 Å². The van der Waals surface area contributed by atoms with E-state index in [9.17, 15) is 0 Å². The lowest BCUT2D eigenvalue weighted by Gasteiger charge is -1.92. The molecular formula is C10H10NO. The number of aryl methyl sites for hydroxylation is 1. The van der Waals surface area contributed by atoms with E-state index in [2.05, 4.69) is 6.07 Å². The van der Waals surface area contributed by atoms with Crippen LogP contribution in [-0.2, 0) is 13.7 Å². The molecule has 0 atom stereocenters. The third-order valence-electron chi connectivity index (χ3n) is 2.06. The molecule has 0 saturated carbocycles. The third-order valence-corrected chi connectivity index (χ3v) is 2.06. The fraction of sp³-hybridized carbons (Fsp3) is 0.200. The molecule has 2 aromatic rings. The molecule has 1 heterocycles. The number of hydrogen-bond acceptors (Lipinski definition) is 1. The van der Waals surface area contributed by atoms with Crippen molar-refractivity contribution in [3.05, 3.63) is 36.0 Å². The standard InChI is InChI=1S/C10H10NO/c1-11-6-8(7-12)9-4-2-3-5-10(9)11/h2-3,5-6,12H,7H2,1H3. The van der Waals surface area contributed by atoms with E-state index in [-0.39, 0.29) is 6.61 Å². The van der Waals surface area contributed by atoms with Gasteiger partial charge >= 0.3 is 0 Å². The number of aromatic nitrogens is 1. The van der Waals surface area contributed by atoms with E-state index >= 15 is 0 Å². The monoisotopic (exact) mass is 160 g/mol. The Morgan fingerprint density at radius 3 is 3.17 bits per heavy atom. The average molecular weight is 160 g/mol. The Morgan fingerprint density at radius 1 is 1.58 bits per heavy atom. The second kappa shape index (κ2) is 2.64. The molecule has 1 radical (unpaired) electrons. The van der Waals surface area contributed by atoms with Crippen LogP contribution in [0.2, 0.25) is 0 Å². The molecule has 2 nitrogen and oxygen atoms in total. The summed E-state index contributed by atoms with van der Waals surface area (Å²) >= 11 is 0. The van der Waals surface area contributed by atoms with Gasteiger partial charge in [0.15, 0.2) is 0 Å². The summed E-state index contributed by atoms with van der Waals surface area (Å²) in [7, 11) is 1.97. The Balaban J connectivity index is 2.82. The minimum atomic E-state index is 0.0812. The van der Waals surface area contributed by atoms with E-state index in [4.69, 9.17) is 5.11 Å². The Bertz CT molecular complexity index is 403. The van der Waals surface area contributed by atoms with Gasteiger partial charge in [0, 0.05) is 29.7 Å². The van der Waals surface area contributed by atoms with Crippen molar-refractivity contribution < 1.29 is 5.11 Å². The van der Waals surface area contributed by atoms with Crippen molar-refractivity contribution in [1.82, 2.24) is 4.57 Å². The van der Waals surface area contributed by atoms with Gasteiger partial charge < -0.3 is 9.67 Å². The maximum absolute atomic E-state index is 9.02. The smallest absolute Gasteiger partial charge is 0.0702 e. The molecule has 1 N–H and O–H groups in total. The van der Waals surface area contributed by atoms with E-state index in [0.29, 0.717) is 0 Å². The first-order chi connectivity index (χ1) is 5.83. The molecule has 12 heavy (non-hydrogen) atoms. The second-order valence-corrected chi connectivity index (χ2v) is 2.85. The zero-order chi connectivity index (χ0) is 8.55. The summed E-state index contributed by atoms with van der Waals surface area (Å²) in [5.41, 5.74) is 2.05. The van der Waals surface area contributed by atoms with Gasteiger partial charge in [0.2, 0.25) is 0 Å². The Hall–Kier alpha value is -1.28. The maximum Gasteiger partial charge on any atom is 0.0702 e. The molecule has 2 heteroatoms. The van der Waals surface area contributed by atoms with Gasteiger partial charge in [-0.3, -0.25) is 0 Å². The number of hydrogen-bond donors (Lipinski definition) is 1. The molecule has 0 saturated heterocycles. The minimum Gasteiger partial charge on any atom is -0.392 e. The Morgan fingerprint density at radius 2 is 2.42 bits per heavy atom. The predicted octanol–water partition coefficient (Wildman–Crippen LogP) is 1.47. The van der Waals surface area contributed by atoms with Crippen molar-refractivity contribution in [3.63, 3.8) is 0 Å². The SMILES string of the molecule is Cn1cc(CO)c2[c]cccc21. The topological polar surface area (TPSA) is 25.2 Å². The van der Waals surface area contributed by atoms with E-state index in [1.54, 1.807) is 0 Å². The van der Waals surface area contributed by atoms with Crippen molar-refractivity contribution in [2.45, 2.75) is 6.61 Å². The van der Waals surface area contributed by atoms with E-state index < -0.39 is 0 Å². The highest BCUT2D eigenvalue weighted by molar-refractivity contribution is 5.83. The predicted molar refractivity (Wildman–Crippen MR) is 47.7 cm³/mol. The van der Waals surface area contributed by atoms with Crippen LogP contribution in [0.25, 0.3) is 10.9 Å². The molecule has 0 spiro atoms. The van der Waals surface area contributed by atoms with Crippen LogP contribution in [0.1, 0.15) is 5.56 Å². The number of rotatable bonds is 1. The Kier molecular flexibility index (Phi) is 1.62. The number of nitrogens with zero attached hydrogens (tertiary/aromatic N) is 1. The average Bonchev–Trinajstić information content (AvgIpc) is 2.44. The number of aliphatic hydroxyl groups excluding tert-OH is 1. The number of aliphatic hydroxyl groups is 1. The molecule has 0 bridgehead atoms. The summed E-state index contributed by atoms with van der Waals surface area (Å²) in [5, 5.41) is 10.0. The molecule has 0 aliphatic rings. The van der Waals surface area contributed by atoms with Crippen molar-refractivity contribution in [2.24, 2.45) is 7.05 Å². The highest BCUT2D eigenvalue weighted by Gasteiger charge is 2.03. The summed E-state index contributed by atoms with van der Waals surface area (Å²) in [6.45, 7) is 0.0812. The van der Waals surface area contributed by atoms with Gasteiger partial charge in [-0.05, 0) is 12.1 Å². The van der Waals surface area contributed by atoms with Crippen molar-refractivity contribution in [1.29, 1.82) is 0 Å². The van der Waals surface area contributed by atoms with Gasteiger partial charge in [-0.2, -0.15) is 0 Å². The van der Waals surface area contributed by atoms with E-state index in [0.717, 1.165) is 16.5 Å². The summed E-state index contributed by atoms with van der Waals surface area (Å²) in [6, 6.07) is 8.94. The summed E-state index contributed by atoms with van der Waals surface area (Å²) < 4.78 is 2.00. The third kappa shape index (κ3) is 0.924. The molecule has 0 unspecified atom stereocenters. The van der Waals surface area contributed by atoms with Crippen LogP contribution in [0, 0.1) is 6.07 Å². The first-order valence-corrected chi connectivity index (χ1v) is 3.88. The number of fused-ring (bicyclic) bond motifs is 1. The normalized spacial score (nSPS) is 10.8. The van der Waals surface area contributed by atoms with Crippen LogP contribution in [0.3, 0.4) is 0 Å². The second-order valence-electron chi connectivity index (χ2n) is 2.85. The molecule has 0 aliphatic heterocycles. The van der Waals surface area contributed by atoms with Gasteiger partial charge in [0.05, 0.1) is 6.61 Å². The molecule has 0 aliphatic carbocycles. The fourth-order valence-electron chi connectivity index (χ4n) is 1.47. The van der Waals surface area contributed by atoms with E-state index in [1.165, 1.54) is 0 Å². The molecular weight excluding hydrogens is 150 g/mol. The lowest BCUT2D eigenvalue weighted by atomic mass is 10.2. The van der Waals surface area contributed by atoms with Crippen LogP contribution >= 0.6 is 0 Å². The lowest BCUT2D eigenvalue weighted by Crippen LogP contribution is -1.82. The molecule has 61 valence electrons. The minimum absolute atomic E-state index is 0.0812. The molecule has 0 amide bonds. The fourth-order valence-corrected chi connectivity index (χ4v) is 1.47. The van der Waals surface area contributed by atoms with Crippen LogP contribution in [0.15, 0.2) is 24.4 Å². The zero-order valence-corrected chi connectivity index (χ0v) is 6.91. The zero-order valence-electron chi connectivity index (χ0n) is 6.91. The summed E-state index contributed by atoms with van der Waals surface area (Å²) in [6.07, 6.45) is 1.93. The molecule has 1 aromatic carbocycles. The van der Waals surface area contributed by atoms with Crippen molar-refractivity contribution in [3.8, 4) is 0 Å². The van der Waals surface area contributed by atoms with Crippen molar-refractivity contribution in [2.75, 3.05) is 0 Å². The Labute approximate surface area is 71.1 Å². The highest BCUT2D eigenvalue weighted by Crippen LogP contribution is 2.19. The molecule has 1 aromatic heterocycles. The maximum atomic E-state index is 9.02. The van der Waals surface area contributed by atoms with Crippen LogP contribution in [0.4, 0.5) is 0 Å². The van der Waals surface area contributed by atoms with Gasteiger partial charge in [-0.1, -0.05) is 12.1 Å².